The molecule has 0 radical (unpaired) electrons. The van der Waals surface area contributed by atoms with Gasteiger partial charge in [-0.25, -0.2) is 0 Å². The molecule has 1 aromatic rings. The van der Waals surface area contributed by atoms with Crippen LogP contribution in [0.25, 0.3) is 0 Å². The predicted molar refractivity (Wildman–Crippen MR) is 76.6 cm³/mol. The SMILES string of the molecule is Cc1cc(C)c(NCCC(C)(C)CN)cc1C. The van der Waals surface area contributed by atoms with Crippen molar-refractivity contribution in [3.8, 4) is 0 Å². The Morgan fingerprint density at radius 2 is 1.65 bits per heavy atom. The molecule has 0 fully saturated rings. The van der Waals surface area contributed by atoms with Crippen molar-refractivity contribution in [2.24, 2.45) is 11.1 Å². The van der Waals surface area contributed by atoms with E-state index >= 15 is 0 Å². The Bertz CT molecular complexity index is 381. The maximum Gasteiger partial charge on any atom is 0.0372 e. The van der Waals surface area contributed by atoms with Crippen LogP contribution in [0.4, 0.5) is 5.69 Å². The van der Waals surface area contributed by atoms with Crippen molar-refractivity contribution in [1.29, 1.82) is 0 Å². The molecular formula is C15H26N2. The smallest absolute Gasteiger partial charge is 0.0372 e. The van der Waals surface area contributed by atoms with Crippen LogP contribution in [0.3, 0.4) is 0 Å². The van der Waals surface area contributed by atoms with E-state index in [-0.39, 0.29) is 5.41 Å². The molecule has 0 unspecified atom stereocenters. The number of nitrogens with two attached hydrogens (primary N) is 1. The molecule has 1 rings (SSSR count). The summed E-state index contributed by atoms with van der Waals surface area (Å²) in [6.45, 7) is 12.6. The predicted octanol–water partition coefficient (Wildman–Crippen LogP) is 3.40. The van der Waals surface area contributed by atoms with E-state index in [0.717, 1.165) is 19.5 Å². The Kier molecular flexibility index (Phi) is 4.58. The van der Waals surface area contributed by atoms with Gasteiger partial charge < -0.3 is 11.1 Å². The van der Waals surface area contributed by atoms with Crippen LogP contribution in [-0.2, 0) is 0 Å². The van der Waals surface area contributed by atoms with E-state index in [2.05, 4.69) is 52.1 Å². The van der Waals surface area contributed by atoms with Crippen LogP contribution in [0.1, 0.15) is 37.0 Å². The van der Waals surface area contributed by atoms with Gasteiger partial charge >= 0.3 is 0 Å². The topological polar surface area (TPSA) is 38.0 Å². The molecule has 0 saturated carbocycles. The van der Waals surface area contributed by atoms with Crippen LogP contribution in [0.2, 0.25) is 0 Å². The summed E-state index contributed by atoms with van der Waals surface area (Å²) in [4.78, 5) is 0. The molecule has 0 amide bonds. The summed E-state index contributed by atoms with van der Waals surface area (Å²) in [5.74, 6) is 0. The van der Waals surface area contributed by atoms with Gasteiger partial charge in [-0.05, 0) is 61.9 Å². The fourth-order valence-electron chi connectivity index (χ4n) is 1.79. The van der Waals surface area contributed by atoms with E-state index in [4.69, 9.17) is 5.73 Å². The second-order valence-electron chi connectivity index (χ2n) is 5.80. The lowest BCUT2D eigenvalue weighted by molar-refractivity contribution is 0.358. The average Bonchev–Trinajstić information content (AvgIpc) is 2.25. The van der Waals surface area contributed by atoms with Gasteiger partial charge in [-0.1, -0.05) is 19.9 Å². The minimum Gasteiger partial charge on any atom is -0.385 e. The Morgan fingerprint density at radius 3 is 2.24 bits per heavy atom. The van der Waals surface area contributed by atoms with Crippen molar-refractivity contribution in [3.63, 3.8) is 0 Å². The summed E-state index contributed by atoms with van der Waals surface area (Å²) in [6, 6.07) is 4.48. The molecular weight excluding hydrogens is 208 g/mol. The van der Waals surface area contributed by atoms with E-state index < -0.39 is 0 Å². The number of aryl methyl sites for hydroxylation is 3. The van der Waals surface area contributed by atoms with Crippen LogP contribution in [-0.4, -0.2) is 13.1 Å². The largest absolute Gasteiger partial charge is 0.385 e. The molecule has 0 spiro atoms. The molecule has 0 aliphatic heterocycles. The molecule has 3 N–H and O–H groups in total. The molecule has 17 heavy (non-hydrogen) atoms. The Morgan fingerprint density at radius 1 is 1.06 bits per heavy atom. The Labute approximate surface area is 106 Å². The van der Waals surface area contributed by atoms with Crippen molar-refractivity contribution in [2.45, 2.75) is 41.0 Å². The first-order valence-electron chi connectivity index (χ1n) is 6.37. The van der Waals surface area contributed by atoms with Crippen molar-refractivity contribution < 1.29 is 0 Å². The van der Waals surface area contributed by atoms with Crippen molar-refractivity contribution >= 4 is 5.69 Å². The molecule has 0 heterocycles. The fraction of sp³-hybridized carbons (Fsp3) is 0.600. The highest BCUT2D eigenvalue weighted by molar-refractivity contribution is 5.54. The van der Waals surface area contributed by atoms with E-state index in [1.165, 1.54) is 22.4 Å². The van der Waals surface area contributed by atoms with Gasteiger partial charge in [0.05, 0.1) is 0 Å². The molecule has 1 aromatic carbocycles. The second-order valence-corrected chi connectivity index (χ2v) is 5.80. The van der Waals surface area contributed by atoms with E-state index in [0.29, 0.717) is 0 Å². The summed E-state index contributed by atoms with van der Waals surface area (Å²) in [5, 5.41) is 3.52. The summed E-state index contributed by atoms with van der Waals surface area (Å²) in [7, 11) is 0. The molecule has 2 heteroatoms. The first-order valence-corrected chi connectivity index (χ1v) is 6.37. The van der Waals surface area contributed by atoms with Gasteiger partial charge in [0.15, 0.2) is 0 Å². The summed E-state index contributed by atoms with van der Waals surface area (Å²) >= 11 is 0. The maximum absolute atomic E-state index is 5.73. The number of hydrogen-bond acceptors (Lipinski definition) is 2. The summed E-state index contributed by atoms with van der Waals surface area (Å²) in [6.07, 6.45) is 1.09. The Hall–Kier alpha value is -1.02. The number of nitrogens with one attached hydrogen (secondary N) is 1. The molecule has 96 valence electrons. The average molecular weight is 234 g/mol. The molecule has 0 aromatic heterocycles. The molecule has 0 aliphatic rings. The van der Waals surface area contributed by atoms with Crippen LogP contribution < -0.4 is 11.1 Å². The van der Waals surface area contributed by atoms with Gasteiger partial charge in [-0.15, -0.1) is 0 Å². The number of benzene rings is 1. The van der Waals surface area contributed by atoms with Crippen LogP contribution in [0.15, 0.2) is 12.1 Å². The Balaban J connectivity index is 2.61. The molecule has 0 aliphatic carbocycles. The maximum atomic E-state index is 5.73. The van der Waals surface area contributed by atoms with Gasteiger partial charge in [-0.3, -0.25) is 0 Å². The highest BCUT2D eigenvalue weighted by Crippen LogP contribution is 2.22. The third kappa shape index (κ3) is 4.04. The lowest BCUT2D eigenvalue weighted by Crippen LogP contribution is -2.26. The van der Waals surface area contributed by atoms with Crippen LogP contribution in [0.5, 0.6) is 0 Å². The van der Waals surface area contributed by atoms with Crippen LogP contribution in [0, 0.1) is 26.2 Å². The lowest BCUT2D eigenvalue weighted by atomic mass is 9.89. The monoisotopic (exact) mass is 234 g/mol. The zero-order chi connectivity index (χ0) is 13.1. The fourth-order valence-corrected chi connectivity index (χ4v) is 1.79. The highest BCUT2D eigenvalue weighted by atomic mass is 14.9. The molecule has 2 nitrogen and oxygen atoms in total. The third-order valence-electron chi connectivity index (χ3n) is 3.51. The number of hydrogen-bond donors (Lipinski definition) is 2. The molecule has 0 saturated heterocycles. The quantitative estimate of drug-likeness (QED) is 0.819. The zero-order valence-electron chi connectivity index (χ0n) is 11.9. The number of anilines is 1. The number of rotatable bonds is 5. The minimum atomic E-state index is 0.223. The highest BCUT2D eigenvalue weighted by Gasteiger charge is 2.14. The van der Waals surface area contributed by atoms with E-state index in [9.17, 15) is 0 Å². The normalized spacial score (nSPS) is 11.6. The summed E-state index contributed by atoms with van der Waals surface area (Å²) in [5.41, 5.74) is 11.2. The van der Waals surface area contributed by atoms with Crippen molar-refractivity contribution in [3.05, 3.63) is 28.8 Å². The summed E-state index contributed by atoms with van der Waals surface area (Å²) < 4.78 is 0. The van der Waals surface area contributed by atoms with Gasteiger partial charge in [0.1, 0.15) is 0 Å². The van der Waals surface area contributed by atoms with Crippen LogP contribution >= 0.6 is 0 Å². The van der Waals surface area contributed by atoms with E-state index in [1.807, 2.05) is 0 Å². The first kappa shape index (κ1) is 14.0. The van der Waals surface area contributed by atoms with Crippen molar-refractivity contribution in [1.82, 2.24) is 0 Å². The second kappa shape index (κ2) is 5.54. The standard InChI is InChI=1S/C15H26N2/c1-11-8-13(3)14(9-12(11)2)17-7-6-15(4,5)10-16/h8-9,17H,6-7,10,16H2,1-5H3. The van der Waals surface area contributed by atoms with Gasteiger partial charge in [-0.2, -0.15) is 0 Å². The van der Waals surface area contributed by atoms with Crippen molar-refractivity contribution in [2.75, 3.05) is 18.4 Å². The first-order chi connectivity index (χ1) is 7.85. The third-order valence-corrected chi connectivity index (χ3v) is 3.51. The zero-order valence-corrected chi connectivity index (χ0v) is 11.9. The lowest BCUT2D eigenvalue weighted by Gasteiger charge is -2.23. The van der Waals surface area contributed by atoms with Gasteiger partial charge in [0, 0.05) is 12.2 Å². The molecule has 0 bridgehead atoms. The molecule has 0 atom stereocenters. The van der Waals surface area contributed by atoms with Gasteiger partial charge in [0.25, 0.3) is 0 Å². The minimum absolute atomic E-state index is 0.223. The van der Waals surface area contributed by atoms with Gasteiger partial charge in [0.2, 0.25) is 0 Å². The van der Waals surface area contributed by atoms with E-state index in [1.54, 1.807) is 0 Å².